The minimum atomic E-state index is 0.453. The van der Waals surface area contributed by atoms with Crippen molar-refractivity contribution in [2.24, 2.45) is 5.92 Å². The second-order valence-electron chi connectivity index (χ2n) is 5.07. The molecule has 1 aliphatic carbocycles. The first-order valence-corrected chi connectivity index (χ1v) is 6.25. The molecule has 2 atom stereocenters. The lowest BCUT2D eigenvalue weighted by atomic mass is 9.90. The van der Waals surface area contributed by atoms with Crippen LogP contribution in [0.4, 0.5) is 0 Å². The highest BCUT2D eigenvalue weighted by Gasteiger charge is 2.28. The first-order valence-electron chi connectivity index (χ1n) is 6.25. The maximum absolute atomic E-state index is 5.85. The van der Waals surface area contributed by atoms with Gasteiger partial charge in [-0.2, -0.15) is 0 Å². The summed E-state index contributed by atoms with van der Waals surface area (Å²) in [6.45, 7) is 3.08. The summed E-state index contributed by atoms with van der Waals surface area (Å²) in [5.74, 6) is 1.66. The van der Waals surface area contributed by atoms with Gasteiger partial charge in [0.2, 0.25) is 0 Å². The van der Waals surface area contributed by atoms with Crippen LogP contribution in [-0.4, -0.2) is 13.7 Å². The minimum Gasteiger partial charge on any atom is -0.493 e. The fourth-order valence-electron chi connectivity index (χ4n) is 3.05. The van der Waals surface area contributed by atoms with Crippen molar-refractivity contribution in [2.75, 3.05) is 13.7 Å². The summed E-state index contributed by atoms with van der Waals surface area (Å²) in [5, 5.41) is 3.42. The normalized spacial score (nSPS) is 27.1. The van der Waals surface area contributed by atoms with Gasteiger partial charge in [0.05, 0.1) is 6.61 Å². The summed E-state index contributed by atoms with van der Waals surface area (Å²) in [6.07, 6.45) is 3.77. The van der Waals surface area contributed by atoms with E-state index in [0.717, 1.165) is 12.4 Å². The molecule has 2 unspecified atom stereocenters. The van der Waals surface area contributed by atoms with Gasteiger partial charge < -0.3 is 10.1 Å². The SMILES string of the molecule is CNC1c2cc3c(cc2OCC1C)CCC3. The summed E-state index contributed by atoms with van der Waals surface area (Å²) in [4.78, 5) is 0. The number of ether oxygens (including phenoxy) is 1. The van der Waals surface area contributed by atoms with Crippen LogP contribution < -0.4 is 10.1 Å². The fourth-order valence-corrected chi connectivity index (χ4v) is 3.05. The molecule has 0 aromatic heterocycles. The lowest BCUT2D eigenvalue weighted by Crippen LogP contribution is -2.32. The largest absolute Gasteiger partial charge is 0.493 e. The van der Waals surface area contributed by atoms with E-state index in [9.17, 15) is 0 Å². The molecule has 1 aromatic rings. The molecule has 1 aliphatic heterocycles. The predicted molar refractivity (Wildman–Crippen MR) is 64.9 cm³/mol. The maximum Gasteiger partial charge on any atom is 0.124 e. The molecule has 0 amide bonds. The maximum atomic E-state index is 5.85. The van der Waals surface area contributed by atoms with Crippen molar-refractivity contribution in [3.63, 3.8) is 0 Å². The molecule has 1 N–H and O–H groups in total. The molecule has 1 heterocycles. The van der Waals surface area contributed by atoms with Crippen LogP contribution in [0.2, 0.25) is 0 Å². The number of rotatable bonds is 1. The van der Waals surface area contributed by atoms with Crippen LogP contribution >= 0.6 is 0 Å². The van der Waals surface area contributed by atoms with E-state index < -0.39 is 0 Å². The highest BCUT2D eigenvalue weighted by molar-refractivity contribution is 5.47. The Bertz CT molecular complexity index is 413. The number of nitrogens with one attached hydrogen (secondary N) is 1. The summed E-state index contributed by atoms with van der Waals surface area (Å²) in [7, 11) is 2.05. The zero-order valence-corrected chi connectivity index (χ0v) is 10.0. The van der Waals surface area contributed by atoms with Crippen LogP contribution in [-0.2, 0) is 12.8 Å². The molecule has 16 heavy (non-hydrogen) atoms. The van der Waals surface area contributed by atoms with Crippen LogP contribution in [0.15, 0.2) is 12.1 Å². The lowest BCUT2D eigenvalue weighted by molar-refractivity contribution is 0.193. The smallest absolute Gasteiger partial charge is 0.124 e. The molecule has 0 saturated heterocycles. The van der Waals surface area contributed by atoms with Gasteiger partial charge in [-0.3, -0.25) is 0 Å². The van der Waals surface area contributed by atoms with Crippen LogP contribution in [0.5, 0.6) is 5.75 Å². The number of aryl methyl sites for hydroxylation is 2. The van der Waals surface area contributed by atoms with E-state index in [1.165, 1.54) is 36.0 Å². The number of hydrogen-bond donors (Lipinski definition) is 1. The molecule has 0 radical (unpaired) electrons. The van der Waals surface area contributed by atoms with E-state index in [2.05, 4.69) is 24.4 Å². The average Bonchev–Trinajstić information content (AvgIpc) is 2.73. The van der Waals surface area contributed by atoms with E-state index in [1.807, 2.05) is 7.05 Å². The highest BCUT2D eigenvalue weighted by Crippen LogP contribution is 2.39. The van der Waals surface area contributed by atoms with Crippen molar-refractivity contribution in [1.82, 2.24) is 5.32 Å². The average molecular weight is 217 g/mol. The first-order chi connectivity index (χ1) is 7.79. The Morgan fingerprint density at radius 1 is 1.25 bits per heavy atom. The van der Waals surface area contributed by atoms with Crippen LogP contribution in [0, 0.1) is 5.92 Å². The Morgan fingerprint density at radius 2 is 2.00 bits per heavy atom. The van der Waals surface area contributed by atoms with Crippen LogP contribution in [0.25, 0.3) is 0 Å². The van der Waals surface area contributed by atoms with E-state index in [0.29, 0.717) is 12.0 Å². The number of fused-ring (bicyclic) bond motifs is 2. The summed E-state index contributed by atoms with van der Waals surface area (Å²) in [5.41, 5.74) is 4.40. The zero-order valence-electron chi connectivity index (χ0n) is 10.0. The number of hydrogen-bond acceptors (Lipinski definition) is 2. The van der Waals surface area contributed by atoms with Crippen molar-refractivity contribution in [3.8, 4) is 5.75 Å². The number of benzene rings is 1. The molecule has 0 fully saturated rings. The van der Waals surface area contributed by atoms with Gasteiger partial charge in [0.15, 0.2) is 0 Å². The van der Waals surface area contributed by atoms with Crippen LogP contribution in [0.1, 0.15) is 36.1 Å². The molecule has 2 nitrogen and oxygen atoms in total. The highest BCUT2D eigenvalue weighted by atomic mass is 16.5. The van der Waals surface area contributed by atoms with Crippen molar-refractivity contribution in [2.45, 2.75) is 32.2 Å². The topological polar surface area (TPSA) is 21.3 Å². The van der Waals surface area contributed by atoms with Gasteiger partial charge in [0.1, 0.15) is 5.75 Å². The monoisotopic (exact) mass is 217 g/mol. The lowest BCUT2D eigenvalue weighted by Gasteiger charge is -2.32. The van der Waals surface area contributed by atoms with Crippen LogP contribution in [0.3, 0.4) is 0 Å². The third-order valence-corrected chi connectivity index (χ3v) is 3.94. The molecule has 0 saturated carbocycles. The van der Waals surface area contributed by atoms with E-state index in [-0.39, 0.29) is 0 Å². The summed E-state index contributed by atoms with van der Waals surface area (Å²) < 4.78 is 5.85. The third-order valence-electron chi connectivity index (χ3n) is 3.94. The molecule has 0 spiro atoms. The molecule has 2 heteroatoms. The Hall–Kier alpha value is -1.02. The van der Waals surface area contributed by atoms with E-state index in [4.69, 9.17) is 4.74 Å². The zero-order chi connectivity index (χ0) is 11.1. The molecule has 86 valence electrons. The first kappa shape index (κ1) is 10.2. The quantitative estimate of drug-likeness (QED) is 0.780. The van der Waals surface area contributed by atoms with Gasteiger partial charge in [-0.15, -0.1) is 0 Å². The molecule has 0 bridgehead atoms. The van der Waals surface area contributed by atoms with Gasteiger partial charge in [0, 0.05) is 17.5 Å². The standard InChI is InChI=1S/C14H19NO/c1-9-8-16-13-7-11-5-3-4-10(11)6-12(13)14(9)15-2/h6-7,9,14-15H,3-5,8H2,1-2H3. The van der Waals surface area contributed by atoms with Crippen molar-refractivity contribution in [1.29, 1.82) is 0 Å². The second-order valence-corrected chi connectivity index (χ2v) is 5.07. The van der Waals surface area contributed by atoms with Gasteiger partial charge in [-0.05, 0) is 43.5 Å². The Morgan fingerprint density at radius 3 is 2.75 bits per heavy atom. The molecular formula is C14H19NO. The second kappa shape index (κ2) is 3.77. The molecule has 2 aliphatic rings. The Labute approximate surface area is 97.0 Å². The molecule has 3 rings (SSSR count). The van der Waals surface area contributed by atoms with Gasteiger partial charge in [-0.25, -0.2) is 0 Å². The predicted octanol–water partition coefficient (Wildman–Crippen LogP) is 2.46. The van der Waals surface area contributed by atoms with Crippen molar-refractivity contribution >= 4 is 0 Å². The Balaban J connectivity index is 2.08. The molecule has 1 aromatic carbocycles. The van der Waals surface area contributed by atoms with E-state index in [1.54, 1.807) is 0 Å². The minimum absolute atomic E-state index is 0.453. The summed E-state index contributed by atoms with van der Waals surface area (Å²) in [6, 6.07) is 5.09. The summed E-state index contributed by atoms with van der Waals surface area (Å²) >= 11 is 0. The van der Waals surface area contributed by atoms with Gasteiger partial charge in [0.25, 0.3) is 0 Å². The fraction of sp³-hybridized carbons (Fsp3) is 0.571. The molecular weight excluding hydrogens is 198 g/mol. The van der Waals surface area contributed by atoms with Gasteiger partial charge >= 0.3 is 0 Å². The van der Waals surface area contributed by atoms with Crippen molar-refractivity contribution < 1.29 is 4.74 Å². The third kappa shape index (κ3) is 1.44. The van der Waals surface area contributed by atoms with Crippen molar-refractivity contribution in [3.05, 3.63) is 28.8 Å². The van der Waals surface area contributed by atoms with E-state index >= 15 is 0 Å². The van der Waals surface area contributed by atoms with Gasteiger partial charge in [-0.1, -0.05) is 13.0 Å². The Kier molecular flexibility index (Phi) is 2.40.